The summed E-state index contributed by atoms with van der Waals surface area (Å²) in [5.41, 5.74) is 0. The third kappa shape index (κ3) is 3.79. The van der Waals surface area contributed by atoms with Crippen LogP contribution in [0, 0.1) is 5.92 Å². The molecule has 1 saturated heterocycles. The second kappa shape index (κ2) is 5.98. The zero-order valence-corrected chi connectivity index (χ0v) is 11.0. The Balaban J connectivity index is 1.81. The van der Waals surface area contributed by atoms with Crippen molar-refractivity contribution in [3.8, 4) is 0 Å². The highest BCUT2D eigenvalue weighted by Crippen LogP contribution is 2.18. The van der Waals surface area contributed by atoms with Crippen molar-refractivity contribution in [1.29, 1.82) is 0 Å². The normalized spacial score (nSPS) is 27.2. The van der Waals surface area contributed by atoms with Crippen LogP contribution in [-0.2, 0) is 10.0 Å². The van der Waals surface area contributed by atoms with Crippen LogP contribution in [0.3, 0.4) is 0 Å². The molecule has 2 N–H and O–H groups in total. The molecular formula is C12H22N2O2S. The molecule has 1 unspecified atom stereocenters. The monoisotopic (exact) mass is 258 g/mol. The molecule has 1 aliphatic carbocycles. The number of hydrogen-bond donors (Lipinski definition) is 2. The first-order valence-corrected chi connectivity index (χ1v) is 8.07. The highest BCUT2D eigenvalue weighted by molar-refractivity contribution is 7.90. The van der Waals surface area contributed by atoms with Crippen LogP contribution in [0.25, 0.3) is 0 Å². The van der Waals surface area contributed by atoms with Crippen molar-refractivity contribution in [3.05, 3.63) is 12.2 Å². The van der Waals surface area contributed by atoms with E-state index < -0.39 is 10.0 Å². The maximum absolute atomic E-state index is 12.1. The number of rotatable bonds is 4. The Kier molecular flexibility index (Phi) is 4.59. The van der Waals surface area contributed by atoms with E-state index >= 15 is 0 Å². The van der Waals surface area contributed by atoms with E-state index in [1.54, 1.807) is 0 Å². The minimum Gasteiger partial charge on any atom is -0.317 e. The van der Waals surface area contributed by atoms with Gasteiger partial charge in [0.25, 0.3) is 0 Å². The third-order valence-electron chi connectivity index (χ3n) is 3.68. The van der Waals surface area contributed by atoms with E-state index in [4.69, 9.17) is 0 Å². The standard InChI is InChI=1S/C12H22N2O2S/c15-17(16,12-6-8-13-9-7-12)14-10-11-4-2-1-3-5-11/h1-2,11-14H,3-10H2. The van der Waals surface area contributed by atoms with Crippen molar-refractivity contribution in [2.24, 2.45) is 5.92 Å². The van der Waals surface area contributed by atoms with Gasteiger partial charge in [-0.3, -0.25) is 0 Å². The number of piperidine rings is 1. The molecule has 1 aliphatic heterocycles. The molecule has 1 atom stereocenters. The fourth-order valence-corrected chi connectivity index (χ4v) is 4.06. The van der Waals surface area contributed by atoms with Gasteiger partial charge in [-0.2, -0.15) is 0 Å². The van der Waals surface area contributed by atoms with Crippen LogP contribution < -0.4 is 10.0 Å². The van der Waals surface area contributed by atoms with Gasteiger partial charge in [0.2, 0.25) is 10.0 Å². The first kappa shape index (κ1) is 13.1. The van der Waals surface area contributed by atoms with E-state index in [1.807, 2.05) is 0 Å². The van der Waals surface area contributed by atoms with Crippen LogP contribution >= 0.6 is 0 Å². The van der Waals surface area contributed by atoms with Crippen LogP contribution in [0.2, 0.25) is 0 Å². The summed E-state index contributed by atoms with van der Waals surface area (Å²) in [6, 6.07) is 0. The summed E-state index contributed by atoms with van der Waals surface area (Å²) in [7, 11) is -3.10. The van der Waals surface area contributed by atoms with Gasteiger partial charge in [0.15, 0.2) is 0 Å². The largest absolute Gasteiger partial charge is 0.317 e. The highest BCUT2D eigenvalue weighted by atomic mass is 32.2. The summed E-state index contributed by atoms with van der Waals surface area (Å²) in [5.74, 6) is 0.483. The van der Waals surface area contributed by atoms with Crippen LogP contribution in [-0.4, -0.2) is 33.3 Å². The molecule has 1 heterocycles. The lowest BCUT2D eigenvalue weighted by Crippen LogP contribution is -2.43. The highest BCUT2D eigenvalue weighted by Gasteiger charge is 2.27. The lowest BCUT2D eigenvalue weighted by Gasteiger charge is -2.24. The Labute approximate surface area is 104 Å². The van der Waals surface area contributed by atoms with Gasteiger partial charge in [-0.05, 0) is 51.1 Å². The molecule has 2 aliphatic rings. The summed E-state index contributed by atoms with van der Waals surface area (Å²) in [6.07, 6.45) is 9.00. The Bertz CT molecular complexity index is 359. The summed E-state index contributed by atoms with van der Waals surface area (Å²) in [4.78, 5) is 0. The number of nitrogens with one attached hydrogen (secondary N) is 2. The van der Waals surface area contributed by atoms with Gasteiger partial charge in [-0.25, -0.2) is 13.1 Å². The van der Waals surface area contributed by atoms with Gasteiger partial charge in [0.1, 0.15) is 0 Å². The van der Waals surface area contributed by atoms with E-state index in [9.17, 15) is 8.42 Å². The average Bonchev–Trinajstić information content (AvgIpc) is 2.39. The molecule has 2 rings (SSSR count). The molecule has 0 saturated carbocycles. The lowest BCUT2D eigenvalue weighted by atomic mass is 9.95. The zero-order chi connectivity index (χ0) is 12.1. The zero-order valence-electron chi connectivity index (χ0n) is 10.2. The predicted molar refractivity (Wildman–Crippen MR) is 69.3 cm³/mol. The van der Waals surface area contributed by atoms with Crippen molar-refractivity contribution < 1.29 is 8.42 Å². The van der Waals surface area contributed by atoms with Crippen molar-refractivity contribution in [2.45, 2.75) is 37.4 Å². The summed E-state index contributed by atoms with van der Waals surface area (Å²) < 4.78 is 27.0. The van der Waals surface area contributed by atoms with E-state index in [0.717, 1.165) is 45.2 Å². The molecule has 17 heavy (non-hydrogen) atoms. The first-order chi connectivity index (χ1) is 8.18. The van der Waals surface area contributed by atoms with Crippen LogP contribution in [0.15, 0.2) is 12.2 Å². The molecule has 1 fully saturated rings. The summed E-state index contributed by atoms with van der Waals surface area (Å²) in [5, 5.41) is 3.00. The number of allylic oxidation sites excluding steroid dienone is 2. The van der Waals surface area contributed by atoms with E-state index in [1.165, 1.54) is 0 Å². The molecular weight excluding hydrogens is 236 g/mol. The third-order valence-corrected chi connectivity index (χ3v) is 5.59. The summed E-state index contributed by atoms with van der Waals surface area (Å²) >= 11 is 0. The van der Waals surface area contributed by atoms with Crippen molar-refractivity contribution in [3.63, 3.8) is 0 Å². The second-order valence-corrected chi connectivity index (χ2v) is 7.04. The van der Waals surface area contributed by atoms with Crippen LogP contribution in [0.1, 0.15) is 32.1 Å². The second-order valence-electron chi connectivity index (χ2n) is 4.99. The quantitative estimate of drug-likeness (QED) is 0.740. The van der Waals surface area contributed by atoms with Crippen molar-refractivity contribution in [2.75, 3.05) is 19.6 Å². The fraction of sp³-hybridized carbons (Fsp3) is 0.833. The Morgan fingerprint density at radius 2 is 1.94 bits per heavy atom. The Morgan fingerprint density at radius 3 is 2.59 bits per heavy atom. The average molecular weight is 258 g/mol. The molecule has 4 nitrogen and oxygen atoms in total. The van der Waals surface area contributed by atoms with Gasteiger partial charge < -0.3 is 5.32 Å². The summed E-state index contributed by atoms with van der Waals surface area (Å²) in [6.45, 7) is 2.24. The minimum absolute atomic E-state index is 0.192. The first-order valence-electron chi connectivity index (χ1n) is 6.52. The van der Waals surface area contributed by atoms with Gasteiger partial charge >= 0.3 is 0 Å². The minimum atomic E-state index is -3.10. The molecule has 0 amide bonds. The lowest BCUT2D eigenvalue weighted by molar-refractivity contribution is 0.454. The SMILES string of the molecule is O=S(=O)(NCC1CC=CCC1)C1CCNCC1. The molecule has 98 valence electrons. The van der Waals surface area contributed by atoms with E-state index in [2.05, 4.69) is 22.2 Å². The van der Waals surface area contributed by atoms with E-state index in [-0.39, 0.29) is 5.25 Å². The van der Waals surface area contributed by atoms with Gasteiger partial charge in [-0.15, -0.1) is 0 Å². The molecule has 0 aromatic rings. The number of hydrogen-bond acceptors (Lipinski definition) is 3. The van der Waals surface area contributed by atoms with E-state index in [0.29, 0.717) is 12.5 Å². The van der Waals surface area contributed by atoms with Gasteiger partial charge in [-0.1, -0.05) is 12.2 Å². The maximum Gasteiger partial charge on any atom is 0.214 e. The maximum atomic E-state index is 12.1. The topological polar surface area (TPSA) is 58.2 Å². The number of sulfonamides is 1. The van der Waals surface area contributed by atoms with Crippen molar-refractivity contribution >= 4 is 10.0 Å². The molecule has 0 radical (unpaired) electrons. The van der Waals surface area contributed by atoms with Crippen LogP contribution in [0.5, 0.6) is 0 Å². The molecule has 0 aromatic heterocycles. The Hall–Kier alpha value is -0.390. The van der Waals surface area contributed by atoms with Crippen LogP contribution in [0.4, 0.5) is 0 Å². The molecule has 0 bridgehead atoms. The fourth-order valence-electron chi connectivity index (χ4n) is 2.50. The molecule has 0 spiro atoms. The van der Waals surface area contributed by atoms with Gasteiger partial charge in [0.05, 0.1) is 5.25 Å². The van der Waals surface area contributed by atoms with Gasteiger partial charge in [0, 0.05) is 6.54 Å². The predicted octanol–water partition coefficient (Wildman–Crippen LogP) is 1.01. The smallest absolute Gasteiger partial charge is 0.214 e. The molecule has 0 aromatic carbocycles. The Morgan fingerprint density at radius 1 is 1.18 bits per heavy atom. The molecule has 5 heteroatoms. The van der Waals surface area contributed by atoms with Crippen molar-refractivity contribution in [1.82, 2.24) is 10.0 Å².